The lowest BCUT2D eigenvalue weighted by molar-refractivity contribution is 1.41. The molecule has 10 rings (SSSR count). The molecule has 0 N–H and O–H groups in total. The van der Waals surface area contributed by atoms with E-state index in [-0.39, 0.29) is 0 Å². The Morgan fingerprint density at radius 3 is 1.51 bits per heavy atom. The number of para-hydroxylation sites is 1. The molecule has 0 atom stereocenters. The van der Waals surface area contributed by atoms with Crippen LogP contribution in [0, 0.1) is 0 Å². The summed E-state index contributed by atoms with van der Waals surface area (Å²) in [6, 6.07) is 79.7. The number of nitrogens with zero attached hydrogens (tertiary/aromatic N) is 2. The number of hydrogen-bond donors (Lipinski definition) is 0. The molecular formula is C59H42N2. The van der Waals surface area contributed by atoms with Gasteiger partial charge in [-0.25, -0.2) is 4.98 Å². The third-order valence-corrected chi connectivity index (χ3v) is 11.5. The quantitative estimate of drug-likeness (QED) is 0.0814. The van der Waals surface area contributed by atoms with Gasteiger partial charge in [-0.2, -0.15) is 0 Å². The Bertz CT molecular complexity index is 3180. The summed E-state index contributed by atoms with van der Waals surface area (Å²) in [6.07, 6.45) is 4.28. The van der Waals surface area contributed by atoms with E-state index in [2.05, 4.69) is 231 Å². The lowest BCUT2D eigenvalue weighted by atomic mass is 9.90. The van der Waals surface area contributed by atoms with E-state index in [4.69, 9.17) is 9.98 Å². The maximum absolute atomic E-state index is 5.46. The number of fused-ring (bicyclic) bond motifs is 3. The van der Waals surface area contributed by atoms with Gasteiger partial charge in [-0.05, 0) is 86.1 Å². The Kier molecular flexibility index (Phi) is 10.2. The van der Waals surface area contributed by atoms with Crippen molar-refractivity contribution in [3.05, 3.63) is 241 Å². The number of aliphatic imine (C=N–C) groups is 1. The van der Waals surface area contributed by atoms with Crippen molar-refractivity contribution < 1.29 is 0 Å². The molecule has 0 saturated carbocycles. The standard InChI is InChI=1S/C59H42N2/c1-41(60-57-24-14-11-21-50(57)26-25-42-15-5-2-6-16-42)43-27-33-49(34-28-43)55-40-58(51-37-31-47(32-38-51)45-19-9-4-10-20-45)61-59-53-23-13-12-22-52(53)54(39-56(55)59)48-35-29-46(30-36-48)44-17-7-3-8-18-44/h2-40H,1H3/b26-25-,60-41?. The van der Waals surface area contributed by atoms with E-state index in [1.807, 2.05) is 12.1 Å². The summed E-state index contributed by atoms with van der Waals surface area (Å²) in [5, 5.41) is 3.42. The fourth-order valence-corrected chi connectivity index (χ4v) is 8.23. The first-order chi connectivity index (χ1) is 30.1. The second-order valence-electron chi connectivity index (χ2n) is 15.4. The zero-order valence-electron chi connectivity index (χ0n) is 33.9. The molecule has 0 aliphatic heterocycles. The van der Waals surface area contributed by atoms with Crippen molar-refractivity contribution in [2.24, 2.45) is 4.99 Å². The number of aromatic nitrogens is 1. The van der Waals surface area contributed by atoms with E-state index in [0.717, 1.165) is 66.8 Å². The van der Waals surface area contributed by atoms with Crippen LogP contribution in [-0.2, 0) is 0 Å². The van der Waals surface area contributed by atoms with Gasteiger partial charge in [0.25, 0.3) is 0 Å². The van der Waals surface area contributed by atoms with Crippen LogP contribution in [0.15, 0.2) is 229 Å². The number of benzene rings is 9. The van der Waals surface area contributed by atoms with Crippen molar-refractivity contribution in [2.45, 2.75) is 6.92 Å². The molecule has 0 aliphatic rings. The molecule has 10 aromatic rings. The molecule has 2 nitrogen and oxygen atoms in total. The molecular weight excluding hydrogens is 737 g/mol. The molecule has 0 spiro atoms. The molecule has 61 heavy (non-hydrogen) atoms. The van der Waals surface area contributed by atoms with Crippen LogP contribution in [-0.4, -0.2) is 10.7 Å². The van der Waals surface area contributed by atoms with Gasteiger partial charge in [-0.1, -0.05) is 218 Å². The van der Waals surface area contributed by atoms with Crippen LogP contribution >= 0.6 is 0 Å². The molecule has 0 radical (unpaired) electrons. The van der Waals surface area contributed by atoms with Crippen LogP contribution in [0.4, 0.5) is 5.69 Å². The molecule has 0 saturated heterocycles. The first-order valence-electron chi connectivity index (χ1n) is 20.8. The van der Waals surface area contributed by atoms with Crippen molar-refractivity contribution in [3.8, 4) is 55.8 Å². The van der Waals surface area contributed by atoms with Crippen molar-refractivity contribution in [1.29, 1.82) is 0 Å². The van der Waals surface area contributed by atoms with Gasteiger partial charge in [0.2, 0.25) is 0 Å². The average Bonchev–Trinajstić information content (AvgIpc) is 3.34. The van der Waals surface area contributed by atoms with Crippen LogP contribution in [0.3, 0.4) is 0 Å². The van der Waals surface area contributed by atoms with Gasteiger partial charge in [0.15, 0.2) is 0 Å². The molecule has 0 unspecified atom stereocenters. The molecule has 288 valence electrons. The van der Waals surface area contributed by atoms with Crippen molar-refractivity contribution in [3.63, 3.8) is 0 Å². The molecule has 9 aromatic carbocycles. The highest BCUT2D eigenvalue weighted by Crippen LogP contribution is 2.41. The Hall–Kier alpha value is -7.94. The average molecular weight is 779 g/mol. The minimum Gasteiger partial charge on any atom is -0.253 e. The molecule has 1 heterocycles. The first kappa shape index (κ1) is 37.3. The van der Waals surface area contributed by atoms with Gasteiger partial charge in [-0.3, -0.25) is 4.99 Å². The Morgan fingerprint density at radius 2 is 0.869 bits per heavy atom. The molecule has 0 bridgehead atoms. The highest BCUT2D eigenvalue weighted by atomic mass is 14.7. The normalized spacial score (nSPS) is 11.7. The SMILES string of the molecule is CC(=Nc1ccccc1/C=C\c1ccccc1)c1ccc(-c2cc(-c3ccc(-c4ccccc4)cc3)nc3c2cc(-c2ccc(-c4ccccc4)cc2)c2ccccc23)cc1. The van der Waals surface area contributed by atoms with E-state index in [1.165, 1.54) is 38.8 Å². The molecule has 1 aromatic heterocycles. The third-order valence-electron chi connectivity index (χ3n) is 11.5. The van der Waals surface area contributed by atoms with Gasteiger partial charge >= 0.3 is 0 Å². The van der Waals surface area contributed by atoms with Crippen LogP contribution in [0.2, 0.25) is 0 Å². The zero-order valence-corrected chi connectivity index (χ0v) is 33.9. The Balaban J connectivity index is 1.08. The predicted molar refractivity (Wildman–Crippen MR) is 260 cm³/mol. The predicted octanol–water partition coefficient (Wildman–Crippen LogP) is 16.0. The summed E-state index contributed by atoms with van der Waals surface area (Å²) in [5.74, 6) is 0. The van der Waals surface area contributed by atoms with E-state index in [9.17, 15) is 0 Å². The highest BCUT2D eigenvalue weighted by Gasteiger charge is 2.17. The van der Waals surface area contributed by atoms with Gasteiger partial charge in [0.1, 0.15) is 0 Å². The smallest absolute Gasteiger partial charge is 0.0794 e. The monoisotopic (exact) mass is 778 g/mol. The Labute approximate surface area is 357 Å². The zero-order chi connectivity index (χ0) is 41.0. The maximum atomic E-state index is 5.46. The summed E-state index contributed by atoms with van der Waals surface area (Å²) in [4.78, 5) is 10.6. The van der Waals surface area contributed by atoms with Crippen LogP contribution in [0.1, 0.15) is 23.6 Å². The molecule has 0 aliphatic carbocycles. The van der Waals surface area contributed by atoms with Crippen LogP contribution in [0.25, 0.3) is 89.6 Å². The molecule has 0 amide bonds. The topological polar surface area (TPSA) is 25.2 Å². The van der Waals surface area contributed by atoms with Gasteiger partial charge in [0, 0.05) is 27.6 Å². The second kappa shape index (κ2) is 16.7. The third kappa shape index (κ3) is 7.83. The summed E-state index contributed by atoms with van der Waals surface area (Å²) in [5.41, 5.74) is 17.6. The lowest BCUT2D eigenvalue weighted by Crippen LogP contribution is -1.96. The number of rotatable bonds is 9. The molecule has 2 heteroatoms. The van der Waals surface area contributed by atoms with Crippen molar-refractivity contribution in [2.75, 3.05) is 0 Å². The molecule has 0 fully saturated rings. The summed E-state index contributed by atoms with van der Waals surface area (Å²) in [7, 11) is 0. The van der Waals surface area contributed by atoms with Crippen molar-refractivity contribution in [1.82, 2.24) is 4.98 Å². The summed E-state index contributed by atoms with van der Waals surface area (Å²) in [6.45, 7) is 2.09. The number of pyridine rings is 1. The lowest BCUT2D eigenvalue weighted by Gasteiger charge is -2.16. The van der Waals surface area contributed by atoms with Gasteiger partial charge in [-0.15, -0.1) is 0 Å². The highest BCUT2D eigenvalue weighted by molar-refractivity contribution is 6.16. The summed E-state index contributed by atoms with van der Waals surface area (Å²) < 4.78 is 0. The van der Waals surface area contributed by atoms with Crippen LogP contribution in [0.5, 0.6) is 0 Å². The minimum absolute atomic E-state index is 0.939. The summed E-state index contributed by atoms with van der Waals surface area (Å²) >= 11 is 0. The fraction of sp³-hybridized carbons (Fsp3) is 0.0169. The maximum Gasteiger partial charge on any atom is 0.0794 e. The van der Waals surface area contributed by atoms with Gasteiger partial charge < -0.3 is 0 Å². The minimum atomic E-state index is 0.939. The van der Waals surface area contributed by atoms with Crippen LogP contribution < -0.4 is 0 Å². The van der Waals surface area contributed by atoms with Crippen molar-refractivity contribution >= 4 is 45.2 Å². The first-order valence-corrected chi connectivity index (χ1v) is 20.8. The fourth-order valence-electron chi connectivity index (χ4n) is 8.23. The van der Waals surface area contributed by atoms with E-state index < -0.39 is 0 Å². The van der Waals surface area contributed by atoms with E-state index in [1.54, 1.807) is 0 Å². The number of hydrogen-bond acceptors (Lipinski definition) is 2. The second-order valence-corrected chi connectivity index (χ2v) is 15.4. The van der Waals surface area contributed by atoms with E-state index >= 15 is 0 Å². The Morgan fingerprint density at radius 1 is 0.393 bits per heavy atom. The van der Waals surface area contributed by atoms with E-state index in [0.29, 0.717) is 0 Å². The largest absolute Gasteiger partial charge is 0.253 e. The van der Waals surface area contributed by atoms with Gasteiger partial charge in [0.05, 0.1) is 16.9 Å².